The second-order valence-corrected chi connectivity index (χ2v) is 10.4. The minimum atomic E-state index is 0.248. The van der Waals surface area contributed by atoms with Crippen molar-refractivity contribution in [2.75, 3.05) is 0 Å². The van der Waals surface area contributed by atoms with E-state index in [0.29, 0.717) is 11.6 Å². The van der Waals surface area contributed by atoms with Crippen molar-refractivity contribution in [1.29, 1.82) is 0 Å². The van der Waals surface area contributed by atoms with Crippen molar-refractivity contribution in [1.82, 2.24) is 9.55 Å². The number of rotatable bonds is 4. The van der Waals surface area contributed by atoms with Crippen LogP contribution in [0.5, 0.6) is 0 Å². The van der Waals surface area contributed by atoms with E-state index in [1.807, 2.05) is 6.07 Å². The Labute approximate surface area is 211 Å². The number of aryl methyl sites for hydroxylation is 2. The molecule has 0 saturated heterocycles. The summed E-state index contributed by atoms with van der Waals surface area (Å²) in [6.45, 7) is 11.3. The van der Waals surface area contributed by atoms with Gasteiger partial charge in [-0.25, -0.2) is 9.55 Å². The summed E-state index contributed by atoms with van der Waals surface area (Å²) in [5.41, 5.74) is 10.3. The molecule has 0 saturated carbocycles. The molecule has 0 aliphatic heterocycles. The van der Waals surface area contributed by atoms with Crippen molar-refractivity contribution in [3.05, 3.63) is 89.6 Å². The van der Waals surface area contributed by atoms with E-state index in [4.69, 9.17) is 4.42 Å². The van der Waals surface area contributed by atoms with Crippen LogP contribution in [0.1, 0.15) is 56.2 Å². The molecule has 4 heteroatoms. The lowest BCUT2D eigenvalue weighted by Gasteiger charge is -2.19. The van der Waals surface area contributed by atoms with Gasteiger partial charge in [-0.3, -0.25) is 0 Å². The van der Waals surface area contributed by atoms with Gasteiger partial charge in [-0.1, -0.05) is 58.0 Å². The number of hydrogen-bond acceptors (Lipinski definition) is 2. The minimum Gasteiger partial charge on any atom is -0.437 e. The van der Waals surface area contributed by atoms with E-state index in [0.717, 1.165) is 16.4 Å². The Hall–Kier alpha value is -3.92. The van der Waals surface area contributed by atoms with Gasteiger partial charge in [0.1, 0.15) is 11.3 Å². The Morgan fingerprint density at radius 1 is 0.861 bits per heavy atom. The minimum absolute atomic E-state index is 0.248. The molecule has 0 amide bonds. The molecule has 3 aromatic carbocycles. The molecule has 0 spiro atoms. The third-order valence-electron chi connectivity index (χ3n) is 7.40. The molecule has 0 unspecified atom stereocenters. The summed E-state index contributed by atoms with van der Waals surface area (Å²) in [4.78, 5) is 4.55. The summed E-state index contributed by atoms with van der Waals surface area (Å²) in [6.07, 6.45) is 1.81. The Kier molecular flexibility index (Phi) is 5.22. The SMILES string of the molecule is Cc1ccccc1-c1n(-c2c(C(C)C)cc3c(oc4ncccc43)c2C(C)C)c2ccccc2[n+]1C. The van der Waals surface area contributed by atoms with E-state index in [2.05, 4.69) is 116 Å². The average Bonchev–Trinajstić information content (AvgIpc) is 3.38. The van der Waals surface area contributed by atoms with E-state index in [9.17, 15) is 0 Å². The lowest BCUT2D eigenvalue weighted by Crippen LogP contribution is -2.30. The summed E-state index contributed by atoms with van der Waals surface area (Å²) >= 11 is 0. The zero-order chi connectivity index (χ0) is 25.1. The summed E-state index contributed by atoms with van der Waals surface area (Å²) in [5.74, 6) is 1.74. The molecule has 0 atom stereocenters. The normalized spacial score (nSPS) is 12.1. The molecule has 36 heavy (non-hydrogen) atoms. The first-order valence-electron chi connectivity index (χ1n) is 12.8. The number of furan rings is 1. The fraction of sp³-hybridized carbons (Fsp3) is 0.250. The number of nitrogens with zero attached hydrogens (tertiary/aromatic N) is 3. The maximum Gasteiger partial charge on any atom is 0.295 e. The Bertz CT molecular complexity index is 1770. The molecule has 0 aliphatic rings. The van der Waals surface area contributed by atoms with Crippen LogP contribution in [0.3, 0.4) is 0 Å². The number of imidazole rings is 1. The van der Waals surface area contributed by atoms with Gasteiger partial charge in [0.25, 0.3) is 5.82 Å². The third-order valence-corrected chi connectivity index (χ3v) is 7.40. The van der Waals surface area contributed by atoms with Crippen molar-refractivity contribution in [2.45, 2.75) is 46.5 Å². The molecule has 0 fully saturated rings. The van der Waals surface area contributed by atoms with Gasteiger partial charge >= 0.3 is 0 Å². The van der Waals surface area contributed by atoms with Crippen LogP contribution in [-0.4, -0.2) is 9.55 Å². The van der Waals surface area contributed by atoms with Crippen LogP contribution >= 0.6 is 0 Å². The predicted octanol–water partition coefficient (Wildman–Crippen LogP) is 7.97. The van der Waals surface area contributed by atoms with Crippen LogP contribution in [0, 0.1) is 6.92 Å². The van der Waals surface area contributed by atoms with Crippen molar-refractivity contribution >= 4 is 33.1 Å². The standard InChI is InChI=1S/C32H32N3O/c1-19(2)24-18-25-23-14-11-17-33-31(23)36-30(25)28(20(3)4)29(24)35-27-16-10-9-15-26(27)34(6)32(35)22-13-8-7-12-21(22)5/h7-20H,1-6H3/q+1. The number of para-hydroxylation sites is 2. The maximum atomic E-state index is 6.50. The second kappa shape index (κ2) is 8.34. The van der Waals surface area contributed by atoms with Crippen molar-refractivity contribution in [3.63, 3.8) is 0 Å². The second-order valence-electron chi connectivity index (χ2n) is 10.4. The summed E-state index contributed by atoms with van der Waals surface area (Å²) in [7, 11) is 2.17. The fourth-order valence-electron chi connectivity index (χ4n) is 5.67. The molecular formula is C32H32N3O+. The third kappa shape index (κ3) is 3.21. The molecule has 4 nitrogen and oxygen atoms in total. The Balaban J connectivity index is 1.87. The number of aromatic nitrogens is 3. The van der Waals surface area contributed by atoms with Crippen LogP contribution in [0.2, 0.25) is 0 Å². The van der Waals surface area contributed by atoms with Crippen LogP contribution in [-0.2, 0) is 7.05 Å². The highest BCUT2D eigenvalue weighted by Gasteiger charge is 2.33. The molecule has 0 radical (unpaired) electrons. The average molecular weight is 475 g/mol. The first kappa shape index (κ1) is 22.5. The van der Waals surface area contributed by atoms with Crippen LogP contribution in [0.4, 0.5) is 0 Å². The quantitative estimate of drug-likeness (QED) is 0.243. The van der Waals surface area contributed by atoms with E-state index < -0.39 is 0 Å². The molecule has 3 aromatic heterocycles. The van der Waals surface area contributed by atoms with Gasteiger partial charge in [0.2, 0.25) is 5.71 Å². The highest BCUT2D eigenvalue weighted by molar-refractivity contribution is 6.06. The lowest BCUT2D eigenvalue weighted by atomic mass is 9.89. The molecule has 0 bridgehead atoms. The molecule has 180 valence electrons. The zero-order valence-corrected chi connectivity index (χ0v) is 21.8. The highest BCUT2D eigenvalue weighted by Crippen LogP contribution is 2.43. The van der Waals surface area contributed by atoms with Crippen molar-refractivity contribution < 1.29 is 8.98 Å². The fourth-order valence-corrected chi connectivity index (χ4v) is 5.67. The predicted molar refractivity (Wildman–Crippen MR) is 148 cm³/mol. The topological polar surface area (TPSA) is 34.8 Å². The van der Waals surface area contributed by atoms with Gasteiger partial charge in [0, 0.05) is 28.1 Å². The Morgan fingerprint density at radius 2 is 1.61 bits per heavy atom. The number of fused-ring (bicyclic) bond motifs is 4. The number of benzene rings is 3. The van der Waals surface area contributed by atoms with Gasteiger partial charge in [0.05, 0.1) is 12.6 Å². The summed E-state index contributed by atoms with van der Waals surface area (Å²) in [6, 6.07) is 23.8. The van der Waals surface area contributed by atoms with Crippen LogP contribution < -0.4 is 4.57 Å². The maximum absolute atomic E-state index is 6.50. The van der Waals surface area contributed by atoms with Gasteiger partial charge in [-0.2, -0.15) is 4.57 Å². The smallest absolute Gasteiger partial charge is 0.295 e. The molecule has 0 aliphatic carbocycles. The van der Waals surface area contributed by atoms with Gasteiger partial charge in [0.15, 0.2) is 11.0 Å². The molecule has 3 heterocycles. The highest BCUT2D eigenvalue weighted by atomic mass is 16.3. The van der Waals surface area contributed by atoms with E-state index >= 15 is 0 Å². The van der Waals surface area contributed by atoms with E-state index in [-0.39, 0.29) is 5.92 Å². The molecular weight excluding hydrogens is 442 g/mol. The van der Waals surface area contributed by atoms with E-state index in [1.165, 1.54) is 44.8 Å². The van der Waals surface area contributed by atoms with Crippen molar-refractivity contribution in [3.8, 4) is 17.1 Å². The van der Waals surface area contributed by atoms with Crippen molar-refractivity contribution in [2.24, 2.45) is 7.05 Å². The molecule has 6 aromatic rings. The van der Waals surface area contributed by atoms with E-state index in [1.54, 1.807) is 6.20 Å². The lowest BCUT2D eigenvalue weighted by molar-refractivity contribution is -0.633. The van der Waals surface area contributed by atoms with Gasteiger partial charge in [-0.05, 0) is 60.7 Å². The van der Waals surface area contributed by atoms with Crippen LogP contribution in [0.15, 0.2) is 77.3 Å². The monoisotopic (exact) mass is 474 g/mol. The van der Waals surface area contributed by atoms with Gasteiger partial charge < -0.3 is 4.42 Å². The van der Waals surface area contributed by atoms with Crippen LogP contribution in [0.25, 0.3) is 50.2 Å². The summed E-state index contributed by atoms with van der Waals surface area (Å²) < 4.78 is 11.3. The Morgan fingerprint density at radius 3 is 2.36 bits per heavy atom. The number of pyridine rings is 1. The molecule has 6 rings (SSSR count). The zero-order valence-electron chi connectivity index (χ0n) is 21.8. The van der Waals surface area contributed by atoms with Gasteiger partial charge in [-0.15, -0.1) is 0 Å². The summed E-state index contributed by atoms with van der Waals surface area (Å²) in [5, 5.41) is 2.22. The molecule has 0 N–H and O–H groups in total. The number of hydrogen-bond donors (Lipinski definition) is 0. The largest absolute Gasteiger partial charge is 0.437 e. The first-order valence-corrected chi connectivity index (χ1v) is 12.8. The first-order chi connectivity index (χ1) is 17.4.